The monoisotopic (exact) mass is 224 g/mol. The Kier molecular flexibility index (Phi) is 2.82. The number of rotatable bonds is 1. The Hall–Kier alpha value is -1.22. The molecule has 15 heavy (non-hydrogen) atoms. The predicted octanol–water partition coefficient (Wildman–Crippen LogP) is 1.58. The van der Waals surface area contributed by atoms with Gasteiger partial charge in [0.1, 0.15) is 0 Å². The van der Waals surface area contributed by atoms with Gasteiger partial charge in [-0.2, -0.15) is 0 Å². The van der Waals surface area contributed by atoms with Crippen LogP contribution in [0.1, 0.15) is 5.56 Å². The number of piperazine rings is 1. The molecule has 1 amide bonds. The van der Waals surface area contributed by atoms with Gasteiger partial charge in [-0.3, -0.25) is 4.79 Å². The highest BCUT2D eigenvalue weighted by molar-refractivity contribution is 6.30. The Labute approximate surface area is 94.0 Å². The quantitative estimate of drug-likeness (QED) is 0.786. The maximum absolute atomic E-state index is 11.3. The van der Waals surface area contributed by atoms with E-state index in [0.29, 0.717) is 18.1 Å². The fourth-order valence-electron chi connectivity index (χ4n) is 1.77. The van der Waals surface area contributed by atoms with Crippen LogP contribution < -0.4 is 10.2 Å². The summed E-state index contributed by atoms with van der Waals surface area (Å²) in [6.45, 7) is 3.98. The van der Waals surface area contributed by atoms with E-state index in [1.54, 1.807) is 0 Å². The minimum Gasteiger partial charge on any atom is -0.360 e. The van der Waals surface area contributed by atoms with Gasteiger partial charge in [-0.15, -0.1) is 0 Å². The van der Waals surface area contributed by atoms with Crippen LogP contribution in [0, 0.1) is 6.92 Å². The number of amides is 1. The molecular weight excluding hydrogens is 212 g/mol. The SMILES string of the molecule is Cc1ccc(Cl)cc1N1CCNC(=O)C1. The van der Waals surface area contributed by atoms with Crippen molar-refractivity contribution in [3.05, 3.63) is 28.8 Å². The summed E-state index contributed by atoms with van der Waals surface area (Å²) in [5.41, 5.74) is 2.20. The predicted molar refractivity (Wildman–Crippen MR) is 61.4 cm³/mol. The second-order valence-electron chi connectivity index (χ2n) is 3.70. The van der Waals surface area contributed by atoms with Crippen LogP contribution in [0.25, 0.3) is 0 Å². The van der Waals surface area contributed by atoms with Crippen molar-refractivity contribution in [2.24, 2.45) is 0 Å². The van der Waals surface area contributed by atoms with Gasteiger partial charge in [-0.05, 0) is 24.6 Å². The van der Waals surface area contributed by atoms with Crippen molar-refractivity contribution in [1.29, 1.82) is 0 Å². The van der Waals surface area contributed by atoms with Crippen molar-refractivity contribution in [3.8, 4) is 0 Å². The number of aryl methyl sites for hydroxylation is 1. The van der Waals surface area contributed by atoms with Crippen molar-refractivity contribution in [3.63, 3.8) is 0 Å². The molecule has 1 saturated heterocycles. The third-order valence-corrected chi connectivity index (χ3v) is 2.79. The van der Waals surface area contributed by atoms with Gasteiger partial charge in [0.05, 0.1) is 6.54 Å². The molecule has 1 fully saturated rings. The van der Waals surface area contributed by atoms with Crippen molar-refractivity contribution in [2.75, 3.05) is 24.5 Å². The van der Waals surface area contributed by atoms with Crippen LogP contribution in [-0.2, 0) is 4.79 Å². The molecule has 0 bridgehead atoms. The van der Waals surface area contributed by atoms with Gasteiger partial charge in [0.2, 0.25) is 5.91 Å². The van der Waals surface area contributed by atoms with E-state index in [1.807, 2.05) is 25.1 Å². The van der Waals surface area contributed by atoms with Gasteiger partial charge in [0, 0.05) is 23.8 Å². The first kappa shape index (κ1) is 10.3. The minimum atomic E-state index is 0.0700. The Morgan fingerprint density at radius 1 is 1.47 bits per heavy atom. The fourth-order valence-corrected chi connectivity index (χ4v) is 1.93. The average molecular weight is 225 g/mol. The molecule has 1 aliphatic rings. The summed E-state index contributed by atoms with van der Waals surface area (Å²) in [5.74, 6) is 0.0700. The van der Waals surface area contributed by atoms with E-state index in [4.69, 9.17) is 11.6 Å². The second kappa shape index (κ2) is 4.11. The molecule has 0 saturated carbocycles. The molecule has 80 valence electrons. The molecule has 1 aromatic carbocycles. The average Bonchev–Trinajstić information content (AvgIpc) is 2.22. The molecule has 1 aromatic rings. The molecule has 0 aromatic heterocycles. The Balaban J connectivity index is 2.27. The normalized spacial score (nSPS) is 16.4. The van der Waals surface area contributed by atoms with Crippen LogP contribution in [0.5, 0.6) is 0 Å². The molecule has 4 heteroatoms. The summed E-state index contributed by atoms with van der Waals surface area (Å²) in [7, 11) is 0. The van der Waals surface area contributed by atoms with Crippen molar-refractivity contribution in [1.82, 2.24) is 5.32 Å². The molecule has 1 heterocycles. The lowest BCUT2D eigenvalue weighted by Gasteiger charge is -2.29. The van der Waals surface area contributed by atoms with Gasteiger partial charge in [-0.25, -0.2) is 0 Å². The highest BCUT2D eigenvalue weighted by Crippen LogP contribution is 2.24. The number of hydrogen-bond donors (Lipinski definition) is 1. The van der Waals surface area contributed by atoms with E-state index >= 15 is 0 Å². The van der Waals surface area contributed by atoms with Crippen LogP contribution in [0.3, 0.4) is 0 Å². The third-order valence-electron chi connectivity index (χ3n) is 2.55. The molecule has 2 rings (SSSR count). The summed E-state index contributed by atoms with van der Waals surface area (Å²) >= 11 is 5.95. The van der Waals surface area contributed by atoms with E-state index in [9.17, 15) is 4.79 Å². The van der Waals surface area contributed by atoms with Crippen molar-refractivity contribution < 1.29 is 4.79 Å². The van der Waals surface area contributed by atoms with E-state index in [-0.39, 0.29) is 5.91 Å². The fraction of sp³-hybridized carbons (Fsp3) is 0.364. The number of carbonyl (C=O) groups excluding carboxylic acids is 1. The summed E-state index contributed by atoms with van der Waals surface area (Å²) in [6.07, 6.45) is 0. The van der Waals surface area contributed by atoms with Gasteiger partial charge in [0.25, 0.3) is 0 Å². The number of halogens is 1. The molecule has 0 unspecified atom stereocenters. The number of carbonyl (C=O) groups is 1. The van der Waals surface area contributed by atoms with Gasteiger partial charge in [-0.1, -0.05) is 17.7 Å². The number of nitrogens with zero attached hydrogens (tertiary/aromatic N) is 1. The summed E-state index contributed by atoms with van der Waals surface area (Å²) in [4.78, 5) is 13.3. The van der Waals surface area contributed by atoms with Crippen molar-refractivity contribution in [2.45, 2.75) is 6.92 Å². The van der Waals surface area contributed by atoms with Crippen LogP contribution in [-0.4, -0.2) is 25.5 Å². The van der Waals surface area contributed by atoms with Crippen LogP contribution in [0.15, 0.2) is 18.2 Å². The second-order valence-corrected chi connectivity index (χ2v) is 4.14. The van der Waals surface area contributed by atoms with E-state index in [1.165, 1.54) is 0 Å². The number of hydrogen-bond acceptors (Lipinski definition) is 2. The largest absolute Gasteiger partial charge is 0.360 e. The number of benzene rings is 1. The Morgan fingerprint density at radius 3 is 3.00 bits per heavy atom. The lowest BCUT2D eigenvalue weighted by molar-refractivity contribution is -0.120. The van der Waals surface area contributed by atoms with Crippen LogP contribution >= 0.6 is 11.6 Å². The highest BCUT2D eigenvalue weighted by atomic mass is 35.5. The minimum absolute atomic E-state index is 0.0700. The molecule has 0 radical (unpaired) electrons. The zero-order valence-corrected chi connectivity index (χ0v) is 9.34. The summed E-state index contributed by atoms with van der Waals surface area (Å²) in [5, 5.41) is 3.51. The molecule has 3 nitrogen and oxygen atoms in total. The molecule has 1 aliphatic heterocycles. The summed E-state index contributed by atoms with van der Waals surface area (Å²) in [6, 6.07) is 5.75. The van der Waals surface area contributed by atoms with Crippen molar-refractivity contribution >= 4 is 23.2 Å². The maximum Gasteiger partial charge on any atom is 0.239 e. The number of anilines is 1. The maximum atomic E-state index is 11.3. The van der Waals surface area contributed by atoms with Gasteiger partial charge < -0.3 is 10.2 Å². The first-order valence-corrected chi connectivity index (χ1v) is 5.32. The first-order valence-electron chi connectivity index (χ1n) is 4.94. The topological polar surface area (TPSA) is 32.3 Å². The highest BCUT2D eigenvalue weighted by Gasteiger charge is 2.17. The van der Waals surface area contributed by atoms with Crippen LogP contribution in [0.2, 0.25) is 5.02 Å². The van der Waals surface area contributed by atoms with E-state index in [0.717, 1.165) is 17.8 Å². The Bertz CT molecular complexity index is 392. The van der Waals surface area contributed by atoms with Crippen LogP contribution in [0.4, 0.5) is 5.69 Å². The molecule has 1 N–H and O–H groups in total. The molecular formula is C11H13ClN2O. The number of nitrogens with one attached hydrogen (secondary N) is 1. The Morgan fingerprint density at radius 2 is 2.27 bits per heavy atom. The standard InChI is InChI=1S/C11H13ClN2O/c1-8-2-3-9(12)6-10(8)14-5-4-13-11(15)7-14/h2-3,6H,4-5,7H2,1H3,(H,13,15). The summed E-state index contributed by atoms with van der Waals surface area (Å²) < 4.78 is 0. The van der Waals surface area contributed by atoms with Gasteiger partial charge >= 0.3 is 0 Å². The molecule has 0 aliphatic carbocycles. The molecule has 0 spiro atoms. The zero-order chi connectivity index (χ0) is 10.8. The smallest absolute Gasteiger partial charge is 0.239 e. The lowest BCUT2D eigenvalue weighted by Crippen LogP contribution is -2.47. The third kappa shape index (κ3) is 2.23. The van der Waals surface area contributed by atoms with Gasteiger partial charge in [0.15, 0.2) is 0 Å². The van der Waals surface area contributed by atoms with E-state index < -0.39 is 0 Å². The van der Waals surface area contributed by atoms with E-state index in [2.05, 4.69) is 10.2 Å². The molecule has 0 atom stereocenters. The first-order chi connectivity index (χ1) is 7.16. The lowest BCUT2D eigenvalue weighted by atomic mass is 10.1. The zero-order valence-electron chi connectivity index (χ0n) is 8.59.